The molecule has 0 spiro atoms. The first-order chi connectivity index (χ1) is 9.48. The van der Waals surface area contributed by atoms with Gasteiger partial charge in [-0.1, -0.05) is 12.1 Å². The number of carbonyl (C=O) groups excluding carboxylic acids is 1. The van der Waals surface area contributed by atoms with E-state index in [-0.39, 0.29) is 13.2 Å². The fourth-order valence-electron chi connectivity index (χ4n) is 1.63. The van der Waals surface area contributed by atoms with Gasteiger partial charge < -0.3 is 18.9 Å². The lowest BCUT2D eigenvalue weighted by atomic mass is 10.1. The van der Waals surface area contributed by atoms with Crippen LogP contribution in [0.15, 0.2) is 24.3 Å². The first-order valence-corrected chi connectivity index (χ1v) is 7.84. The van der Waals surface area contributed by atoms with Crippen LogP contribution in [0.3, 0.4) is 0 Å². The molecule has 0 bridgehead atoms. The second-order valence-electron chi connectivity index (χ2n) is 3.86. The van der Waals surface area contributed by atoms with Crippen molar-refractivity contribution >= 4 is 13.6 Å². The van der Waals surface area contributed by atoms with Crippen molar-refractivity contribution in [2.75, 3.05) is 20.3 Å². The maximum absolute atomic E-state index is 12.4. The average Bonchev–Trinajstić information content (AvgIpc) is 2.46. The molecule has 1 rings (SSSR count). The van der Waals surface area contributed by atoms with E-state index in [1.807, 2.05) is 0 Å². The van der Waals surface area contributed by atoms with Crippen LogP contribution in [0.5, 0.6) is 0 Å². The molecular weight excluding hydrogens is 283 g/mol. The summed E-state index contributed by atoms with van der Waals surface area (Å²) in [5, 5.41) is 10.2. The molecule has 0 radical (unpaired) electrons. The molecule has 1 N–H and O–H groups in total. The fourth-order valence-corrected chi connectivity index (χ4v) is 3.24. The highest BCUT2D eigenvalue weighted by Crippen LogP contribution is 2.59. The van der Waals surface area contributed by atoms with Crippen molar-refractivity contribution in [1.82, 2.24) is 0 Å². The quantitative estimate of drug-likeness (QED) is 0.616. The Balaban J connectivity index is 2.98. The van der Waals surface area contributed by atoms with Gasteiger partial charge in [0.25, 0.3) is 0 Å². The highest BCUT2D eigenvalue weighted by atomic mass is 31.2. The zero-order chi connectivity index (χ0) is 15.2. The summed E-state index contributed by atoms with van der Waals surface area (Å²) in [4.78, 5) is 11.3. The summed E-state index contributed by atoms with van der Waals surface area (Å²) in [6.45, 7) is 3.65. The van der Waals surface area contributed by atoms with Crippen LogP contribution in [-0.2, 0) is 18.3 Å². The second-order valence-corrected chi connectivity index (χ2v) is 5.95. The summed E-state index contributed by atoms with van der Waals surface area (Å²) < 4.78 is 27.1. The van der Waals surface area contributed by atoms with E-state index in [1.165, 1.54) is 31.4 Å². The number of esters is 1. The molecule has 0 saturated heterocycles. The van der Waals surface area contributed by atoms with Crippen molar-refractivity contribution in [3.05, 3.63) is 35.4 Å². The number of carbonyl (C=O) groups is 1. The highest BCUT2D eigenvalue weighted by Gasteiger charge is 2.35. The minimum Gasteiger partial charge on any atom is -0.465 e. The van der Waals surface area contributed by atoms with Crippen LogP contribution in [0.25, 0.3) is 0 Å². The Bertz CT molecular complexity index is 474. The van der Waals surface area contributed by atoms with Crippen molar-refractivity contribution in [2.45, 2.75) is 19.7 Å². The molecule has 1 atom stereocenters. The van der Waals surface area contributed by atoms with E-state index >= 15 is 0 Å². The third-order valence-corrected chi connectivity index (χ3v) is 4.68. The molecule has 20 heavy (non-hydrogen) atoms. The number of methoxy groups -OCH3 is 1. The van der Waals surface area contributed by atoms with Gasteiger partial charge in [0.15, 0.2) is 5.85 Å². The van der Waals surface area contributed by atoms with Gasteiger partial charge in [-0.3, -0.25) is 4.57 Å². The normalized spacial score (nSPS) is 13.0. The summed E-state index contributed by atoms with van der Waals surface area (Å²) >= 11 is 0. The number of benzene rings is 1. The molecule has 0 aliphatic heterocycles. The molecule has 112 valence electrons. The fraction of sp³-hybridized carbons (Fsp3) is 0.462. The monoisotopic (exact) mass is 302 g/mol. The van der Waals surface area contributed by atoms with Crippen molar-refractivity contribution in [3.63, 3.8) is 0 Å². The molecule has 0 saturated carbocycles. The third kappa shape index (κ3) is 3.90. The maximum Gasteiger partial charge on any atom is 0.363 e. The summed E-state index contributed by atoms with van der Waals surface area (Å²) in [5.41, 5.74) is 0.689. The van der Waals surface area contributed by atoms with Crippen molar-refractivity contribution in [1.29, 1.82) is 0 Å². The van der Waals surface area contributed by atoms with Gasteiger partial charge in [-0.2, -0.15) is 0 Å². The first-order valence-electron chi connectivity index (χ1n) is 6.23. The lowest BCUT2D eigenvalue weighted by Gasteiger charge is -2.22. The van der Waals surface area contributed by atoms with Gasteiger partial charge in [-0.15, -0.1) is 0 Å². The van der Waals surface area contributed by atoms with Crippen molar-refractivity contribution in [3.8, 4) is 0 Å². The largest absolute Gasteiger partial charge is 0.465 e. The van der Waals surface area contributed by atoms with E-state index in [4.69, 9.17) is 9.05 Å². The van der Waals surface area contributed by atoms with Gasteiger partial charge >= 0.3 is 13.6 Å². The smallest absolute Gasteiger partial charge is 0.363 e. The Morgan fingerprint density at radius 3 is 2.10 bits per heavy atom. The Kier molecular flexibility index (Phi) is 6.36. The molecule has 7 heteroatoms. The predicted octanol–water partition coefficient (Wildman–Crippen LogP) is 2.73. The first kappa shape index (κ1) is 16.9. The Hall–Kier alpha value is -1.20. The lowest BCUT2D eigenvalue weighted by Crippen LogP contribution is -2.07. The van der Waals surface area contributed by atoms with Crippen LogP contribution in [-0.4, -0.2) is 31.4 Å². The number of aliphatic hydroxyl groups is 1. The van der Waals surface area contributed by atoms with Crippen LogP contribution in [0.2, 0.25) is 0 Å². The SMILES string of the molecule is CCOP(=O)(OCC)C(O)c1ccc(C(=O)OC)cc1. The lowest BCUT2D eigenvalue weighted by molar-refractivity contribution is 0.0600. The number of rotatable bonds is 7. The van der Waals surface area contributed by atoms with Gasteiger partial charge in [0.2, 0.25) is 0 Å². The average molecular weight is 302 g/mol. The molecule has 0 aliphatic carbocycles. The van der Waals surface area contributed by atoms with Gasteiger partial charge in [0.1, 0.15) is 0 Å². The molecule has 0 heterocycles. The molecule has 0 fully saturated rings. The van der Waals surface area contributed by atoms with Gasteiger partial charge in [-0.25, -0.2) is 4.79 Å². The molecule has 0 aromatic heterocycles. The third-order valence-electron chi connectivity index (χ3n) is 2.55. The van der Waals surface area contributed by atoms with E-state index in [0.717, 1.165) is 0 Å². The Morgan fingerprint density at radius 2 is 1.70 bits per heavy atom. The Morgan fingerprint density at radius 1 is 1.20 bits per heavy atom. The maximum atomic E-state index is 12.4. The minimum atomic E-state index is -3.64. The van der Waals surface area contributed by atoms with Gasteiger partial charge in [0, 0.05) is 0 Å². The number of ether oxygens (including phenoxy) is 1. The van der Waals surface area contributed by atoms with E-state index < -0.39 is 19.4 Å². The summed E-state index contributed by atoms with van der Waals surface area (Å²) in [5.74, 6) is -1.88. The molecular formula is C13H19O6P. The number of hydrogen-bond donors (Lipinski definition) is 1. The topological polar surface area (TPSA) is 82.1 Å². The summed E-state index contributed by atoms with van der Waals surface area (Å²) in [6.07, 6.45) is 0. The van der Waals surface area contributed by atoms with E-state index in [2.05, 4.69) is 4.74 Å². The zero-order valence-electron chi connectivity index (χ0n) is 11.7. The van der Waals surface area contributed by atoms with Crippen LogP contribution >= 0.6 is 7.60 Å². The molecule has 0 amide bonds. The van der Waals surface area contributed by atoms with Crippen molar-refractivity contribution < 1.29 is 28.3 Å². The molecule has 1 aromatic carbocycles. The zero-order valence-corrected chi connectivity index (χ0v) is 12.6. The van der Waals surface area contributed by atoms with E-state index in [1.54, 1.807) is 13.8 Å². The second kappa shape index (κ2) is 7.55. The van der Waals surface area contributed by atoms with E-state index in [9.17, 15) is 14.5 Å². The molecule has 1 unspecified atom stereocenters. The van der Waals surface area contributed by atoms with Crippen molar-refractivity contribution in [2.24, 2.45) is 0 Å². The Labute approximate surface area is 118 Å². The van der Waals surface area contributed by atoms with Gasteiger partial charge in [-0.05, 0) is 31.5 Å². The number of hydrogen-bond acceptors (Lipinski definition) is 6. The summed E-state index contributed by atoms with van der Waals surface area (Å²) in [7, 11) is -2.36. The standard InChI is InChI=1S/C13H19O6P/c1-4-18-20(16,19-5-2)13(15)11-8-6-10(7-9-11)12(14)17-3/h6-9,13,15H,4-5H2,1-3H3. The highest BCUT2D eigenvalue weighted by molar-refractivity contribution is 7.54. The predicted molar refractivity (Wildman–Crippen MR) is 73.6 cm³/mol. The van der Waals surface area contributed by atoms with Crippen LogP contribution in [0, 0.1) is 0 Å². The summed E-state index contributed by atoms with van der Waals surface area (Å²) in [6, 6.07) is 5.93. The van der Waals surface area contributed by atoms with Crippen LogP contribution < -0.4 is 0 Å². The van der Waals surface area contributed by atoms with E-state index in [0.29, 0.717) is 11.1 Å². The molecule has 6 nitrogen and oxygen atoms in total. The van der Waals surface area contributed by atoms with Crippen LogP contribution in [0.4, 0.5) is 0 Å². The molecule has 0 aliphatic rings. The minimum absolute atomic E-state index is 0.161. The molecule has 1 aromatic rings. The van der Waals surface area contributed by atoms with Crippen LogP contribution in [0.1, 0.15) is 35.6 Å². The van der Waals surface area contributed by atoms with Gasteiger partial charge in [0.05, 0.1) is 25.9 Å². The number of aliphatic hydroxyl groups excluding tert-OH is 1.